The van der Waals surface area contributed by atoms with Crippen molar-refractivity contribution in [3.63, 3.8) is 0 Å². The van der Waals surface area contributed by atoms with Gasteiger partial charge in [0.15, 0.2) is 0 Å². The molecule has 3 atom stereocenters. The van der Waals surface area contributed by atoms with E-state index in [2.05, 4.69) is 16.0 Å². The van der Waals surface area contributed by atoms with Crippen LogP contribution in [0.1, 0.15) is 61.5 Å². The van der Waals surface area contributed by atoms with Crippen LogP contribution in [-0.2, 0) is 13.0 Å². The molecular weight excluding hydrogens is 538 g/mol. The lowest BCUT2D eigenvalue weighted by Crippen LogP contribution is -2.48. The van der Waals surface area contributed by atoms with Crippen molar-refractivity contribution in [3.05, 3.63) is 136 Å². The third-order valence-electron chi connectivity index (χ3n) is 7.60. The van der Waals surface area contributed by atoms with E-state index in [1.54, 1.807) is 13.2 Å². The van der Waals surface area contributed by atoms with Crippen LogP contribution in [0.4, 0.5) is 0 Å². The Kier molecular flexibility index (Phi) is 11.1. The molecule has 224 valence electrons. The fourth-order valence-electron chi connectivity index (χ4n) is 5.13. The van der Waals surface area contributed by atoms with Crippen molar-refractivity contribution in [3.8, 4) is 5.75 Å². The van der Waals surface area contributed by atoms with Gasteiger partial charge in [0, 0.05) is 24.2 Å². The highest BCUT2D eigenvalue weighted by atomic mass is 16.5. The largest absolute Gasteiger partial charge is 0.497 e. The topological polar surface area (TPSA) is 99.7 Å². The Balaban J connectivity index is 1.49. The predicted molar refractivity (Wildman–Crippen MR) is 170 cm³/mol. The molecule has 0 bridgehead atoms. The van der Waals surface area contributed by atoms with Gasteiger partial charge >= 0.3 is 0 Å². The first-order valence-corrected chi connectivity index (χ1v) is 14.6. The van der Waals surface area contributed by atoms with Crippen LogP contribution in [0.15, 0.2) is 97.1 Å². The summed E-state index contributed by atoms with van der Waals surface area (Å²) in [5.74, 6) is 0.186. The minimum Gasteiger partial charge on any atom is -0.497 e. The van der Waals surface area contributed by atoms with Gasteiger partial charge in [-0.1, -0.05) is 78.9 Å². The lowest BCUT2D eigenvalue weighted by Gasteiger charge is -2.25. The number of hydrogen-bond acceptors (Lipinski definition) is 5. The zero-order valence-corrected chi connectivity index (χ0v) is 25.3. The summed E-state index contributed by atoms with van der Waals surface area (Å²) in [5.41, 5.74) is 5.40. The molecule has 0 aliphatic heterocycles. The molecule has 0 aromatic heterocycles. The summed E-state index contributed by atoms with van der Waals surface area (Å²) in [7, 11) is 1.63. The lowest BCUT2D eigenvalue weighted by molar-refractivity contribution is 0.0829. The average Bonchev–Trinajstić information content (AvgIpc) is 3.01. The van der Waals surface area contributed by atoms with Gasteiger partial charge in [0.1, 0.15) is 5.75 Å². The molecule has 0 radical (unpaired) electrons. The molecular formula is C36H41N3O4. The van der Waals surface area contributed by atoms with Gasteiger partial charge in [-0.15, -0.1) is 0 Å². The standard InChI is InChI=1S/C36H41N3O4/c1-24-18-25(2)32(21-31(24)35(41)38-26(3)29-15-9-6-10-16-29)36(42)39-33(20-27-12-7-5-8-13-27)34(40)23-37-22-28-14-11-17-30(19-28)43-4/h5-19,21,26,33-34,37,40H,20,22-23H2,1-4H3,(H,38,41)(H,39,42)/t26-,33+,34-/m1/s1. The summed E-state index contributed by atoms with van der Waals surface area (Å²) >= 11 is 0. The summed E-state index contributed by atoms with van der Waals surface area (Å²) in [6, 6.07) is 30.0. The van der Waals surface area contributed by atoms with Gasteiger partial charge in [0.25, 0.3) is 11.8 Å². The number of aliphatic hydroxyl groups excluding tert-OH is 1. The molecule has 0 aliphatic carbocycles. The number of methoxy groups -OCH3 is 1. The quantitative estimate of drug-likeness (QED) is 0.172. The summed E-state index contributed by atoms with van der Waals surface area (Å²) in [6.07, 6.45) is -0.420. The Labute approximate surface area is 254 Å². The van der Waals surface area contributed by atoms with Crippen LogP contribution in [-0.4, -0.2) is 42.7 Å². The van der Waals surface area contributed by atoms with E-state index in [4.69, 9.17) is 4.74 Å². The maximum atomic E-state index is 13.7. The number of aryl methyl sites for hydroxylation is 2. The summed E-state index contributed by atoms with van der Waals surface area (Å²) in [5, 5.41) is 20.6. The van der Waals surface area contributed by atoms with E-state index in [-0.39, 0.29) is 24.4 Å². The van der Waals surface area contributed by atoms with Crippen molar-refractivity contribution in [2.75, 3.05) is 13.7 Å². The van der Waals surface area contributed by atoms with E-state index in [0.717, 1.165) is 33.6 Å². The number of nitrogens with one attached hydrogen (secondary N) is 3. The monoisotopic (exact) mass is 579 g/mol. The highest BCUT2D eigenvalue weighted by Gasteiger charge is 2.24. The van der Waals surface area contributed by atoms with Crippen LogP contribution in [0.5, 0.6) is 5.75 Å². The molecule has 0 saturated heterocycles. The molecule has 0 spiro atoms. The fraction of sp³-hybridized carbons (Fsp3) is 0.278. The summed E-state index contributed by atoms with van der Waals surface area (Å²) < 4.78 is 5.30. The van der Waals surface area contributed by atoms with E-state index in [0.29, 0.717) is 24.1 Å². The van der Waals surface area contributed by atoms with E-state index < -0.39 is 12.1 Å². The Morgan fingerprint density at radius 2 is 1.37 bits per heavy atom. The van der Waals surface area contributed by atoms with Gasteiger partial charge in [-0.05, 0) is 73.2 Å². The molecule has 0 heterocycles. The molecule has 0 unspecified atom stereocenters. The van der Waals surface area contributed by atoms with Crippen LogP contribution in [0, 0.1) is 13.8 Å². The fourth-order valence-corrected chi connectivity index (χ4v) is 5.13. The minimum absolute atomic E-state index is 0.193. The van der Waals surface area contributed by atoms with Crippen LogP contribution >= 0.6 is 0 Å². The van der Waals surface area contributed by atoms with Crippen molar-refractivity contribution in [2.45, 2.75) is 51.9 Å². The molecule has 0 saturated carbocycles. The van der Waals surface area contributed by atoms with Gasteiger partial charge in [0.2, 0.25) is 0 Å². The van der Waals surface area contributed by atoms with Gasteiger partial charge in [-0.3, -0.25) is 9.59 Å². The van der Waals surface area contributed by atoms with Gasteiger partial charge in [-0.2, -0.15) is 0 Å². The lowest BCUT2D eigenvalue weighted by atomic mass is 9.96. The van der Waals surface area contributed by atoms with Crippen molar-refractivity contribution >= 4 is 11.8 Å². The molecule has 4 rings (SSSR count). The number of carbonyl (C=O) groups is 2. The smallest absolute Gasteiger partial charge is 0.252 e. The molecule has 7 heteroatoms. The van der Waals surface area contributed by atoms with E-state index in [1.807, 2.05) is 112 Å². The number of aliphatic hydroxyl groups is 1. The molecule has 4 N–H and O–H groups in total. The van der Waals surface area contributed by atoms with Crippen molar-refractivity contribution < 1.29 is 19.4 Å². The number of carbonyl (C=O) groups excluding carboxylic acids is 2. The molecule has 2 amide bonds. The Bertz CT molecular complexity index is 1510. The number of hydrogen-bond donors (Lipinski definition) is 4. The second-order valence-electron chi connectivity index (χ2n) is 10.9. The Morgan fingerprint density at radius 1 is 0.767 bits per heavy atom. The van der Waals surface area contributed by atoms with Gasteiger partial charge in [0.05, 0.1) is 25.3 Å². The minimum atomic E-state index is -0.866. The van der Waals surface area contributed by atoms with Crippen molar-refractivity contribution in [2.24, 2.45) is 0 Å². The maximum Gasteiger partial charge on any atom is 0.252 e. The zero-order chi connectivity index (χ0) is 30.8. The predicted octanol–water partition coefficient (Wildman–Crippen LogP) is 5.29. The molecule has 0 aliphatic rings. The molecule has 43 heavy (non-hydrogen) atoms. The molecule has 4 aromatic rings. The SMILES string of the molecule is COc1cccc(CNC[C@@H](O)[C@H](Cc2ccccc2)NC(=O)c2cc(C(=O)N[C@H](C)c3ccccc3)c(C)cc2C)c1. The van der Waals surface area contributed by atoms with Crippen LogP contribution in [0.3, 0.4) is 0 Å². The highest BCUT2D eigenvalue weighted by molar-refractivity contribution is 6.01. The normalized spacial score (nSPS) is 13.0. The Morgan fingerprint density at radius 3 is 2.02 bits per heavy atom. The number of ether oxygens (including phenoxy) is 1. The highest BCUT2D eigenvalue weighted by Crippen LogP contribution is 2.20. The van der Waals surface area contributed by atoms with E-state index in [9.17, 15) is 14.7 Å². The number of amides is 2. The second kappa shape index (κ2) is 15.1. The van der Waals surface area contributed by atoms with Crippen LogP contribution in [0.25, 0.3) is 0 Å². The number of rotatable bonds is 13. The summed E-state index contributed by atoms with van der Waals surface area (Å²) in [6.45, 7) is 6.47. The van der Waals surface area contributed by atoms with E-state index in [1.165, 1.54) is 0 Å². The number of benzene rings is 4. The van der Waals surface area contributed by atoms with Crippen molar-refractivity contribution in [1.29, 1.82) is 0 Å². The first-order valence-electron chi connectivity index (χ1n) is 14.6. The third kappa shape index (κ3) is 8.77. The Hall–Kier alpha value is -4.46. The molecule has 7 nitrogen and oxygen atoms in total. The third-order valence-corrected chi connectivity index (χ3v) is 7.60. The van der Waals surface area contributed by atoms with Crippen LogP contribution < -0.4 is 20.7 Å². The maximum absolute atomic E-state index is 13.7. The van der Waals surface area contributed by atoms with Crippen LogP contribution in [0.2, 0.25) is 0 Å². The van der Waals surface area contributed by atoms with Gasteiger partial charge < -0.3 is 25.8 Å². The first-order chi connectivity index (χ1) is 20.7. The second-order valence-corrected chi connectivity index (χ2v) is 10.9. The average molecular weight is 580 g/mol. The first kappa shape index (κ1) is 31.5. The van der Waals surface area contributed by atoms with E-state index >= 15 is 0 Å². The van der Waals surface area contributed by atoms with Crippen molar-refractivity contribution in [1.82, 2.24) is 16.0 Å². The summed E-state index contributed by atoms with van der Waals surface area (Å²) in [4.78, 5) is 27.0. The molecule has 0 fully saturated rings. The zero-order valence-electron chi connectivity index (χ0n) is 25.3. The molecule has 4 aromatic carbocycles. The van der Waals surface area contributed by atoms with Gasteiger partial charge in [-0.25, -0.2) is 0 Å².